The lowest BCUT2D eigenvalue weighted by atomic mass is 10.0. The number of hydrogen-bond acceptors (Lipinski definition) is 6. The highest BCUT2D eigenvalue weighted by Crippen LogP contribution is 2.29. The van der Waals surface area contributed by atoms with E-state index in [0.29, 0.717) is 23.3 Å². The molecule has 0 fully saturated rings. The number of rotatable bonds is 7. The Hall–Kier alpha value is -3.02. The molecule has 132 valence electrons. The highest BCUT2D eigenvalue weighted by atomic mass is 16.5. The summed E-state index contributed by atoms with van der Waals surface area (Å²) < 4.78 is 10.0. The topological polar surface area (TPSA) is 93.1 Å². The molecule has 0 aliphatic carbocycles. The number of carbonyl (C=O) groups is 2. The number of ether oxygens (including phenoxy) is 2. The summed E-state index contributed by atoms with van der Waals surface area (Å²) in [6.07, 6.45) is 1.40. The highest BCUT2D eigenvalue weighted by molar-refractivity contribution is 6.00. The molecule has 6 nitrogen and oxygen atoms in total. The van der Waals surface area contributed by atoms with Crippen LogP contribution in [0.2, 0.25) is 0 Å². The van der Waals surface area contributed by atoms with E-state index in [0.717, 1.165) is 6.42 Å². The summed E-state index contributed by atoms with van der Waals surface area (Å²) in [4.78, 5) is 23.6. The van der Waals surface area contributed by atoms with Gasteiger partial charge in [-0.1, -0.05) is 13.3 Å². The monoisotopic (exact) mass is 344 g/mol. The van der Waals surface area contributed by atoms with Crippen LogP contribution in [0.1, 0.15) is 39.6 Å². The first kappa shape index (κ1) is 18.3. The van der Waals surface area contributed by atoms with Crippen LogP contribution in [0.4, 0.5) is 0 Å². The molecule has 0 saturated carbocycles. The first-order valence-electron chi connectivity index (χ1n) is 7.85. The smallest absolute Gasteiger partial charge is 0.337 e. The van der Waals surface area contributed by atoms with E-state index in [1.165, 1.54) is 31.4 Å². The number of phenolic OH excluding ortho intramolecular Hbond substituents is 2. The molecule has 0 aliphatic heterocycles. The second kappa shape index (κ2) is 8.19. The van der Waals surface area contributed by atoms with E-state index in [9.17, 15) is 19.8 Å². The number of methoxy groups -OCH3 is 1. The molecule has 0 saturated heterocycles. The van der Waals surface area contributed by atoms with Gasteiger partial charge in [0.1, 0.15) is 17.2 Å². The van der Waals surface area contributed by atoms with E-state index >= 15 is 0 Å². The van der Waals surface area contributed by atoms with Crippen molar-refractivity contribution in [3.8, 4) is 17.2 Å². The molecule has 0 aliphatic rings. The molecule has 25 heavy (non-hydrogen) atoms. The predicted molar refractivity (Wildman–Crippen MR) is 91.4 cm³/mol. The van der Waals surface area contributed by atoms with Gasteiger partial charge in [0.15, 0.2) is 6.61 Å². The van der Waals surface area contributed by atoms with Crippen LogP contribution in [0.3, 0.4) is 0 Å². The Balaban J connectivity index is 2.07. The Morgan fingerprint density at radius 2 is 1.72 bits per heavy atom. The molecule has 2 aromatic carbocycles. The first-order valence-corrected chi connectivity index (χ1v) is 7.85. The Morgan fingerprint density at radius 3 is 2.32 bits per heavy atom. The van der Waals surface area contributed by atoms with Crippen molar-refractivity contribution in [1.29, 1.82) is 0 Å². The average molecular weight is 344 g/mol. The van der Waals surface area contributed by atoms with Gasteiger partial charge in [-0.2, -0.15) is 0 Å². The Bertz CT molecular complexity index is 764. The molecule has 0 spiro atoms. The van der Waals surface area contributed by atoms with E-state index in [-0.39, 0.29) is 23.7 Å². The van der Waals surface area contributed by atoms with Crippen molar-refractivity contribution >= 4 is 11.8 Å². The van der Waals surface area contributed by atoms with Crippen molar-refractivity contribution < 1.29 is 29.3 Å². The summed E-state index contributed by atoms with van der Waals surface area (Å²) in [7, 11) is 1.29. The molecular formula is C19H20O6. The summed E-state index contributed by atoms with van der Waals surface area (Å²) in [5, 5.41) is 19.7. The SMILES string of the molecule is CCCc1cc(C(=O)COc2ccc(C(=O)OC)cc2)c(O)cc1O. The molecule has 0 atom stereocenters. The third-order valence-corrected chi connectivity index (χ3v) is 3.66. The lowest BCUT2D eigenvalue weighted by Gasteiger charge is -2.10. The van der Waals surface area contributed by atoms with Crippen LogP contribution in [0, 0.1) is 0 Å². The van der Waals surface area contributed by atoms with Crippen LogP contribution in [0.5, 0.6) is 17.2 Å². The van der Waals surface area contributed by atoms with E-state index in [4.69, 9.17) is 4.74 Å². The van der Waals surface area contributed by atoms with Crippen LogP contribution in [-0.4, -0.2) is 35.7 Å². The van der Waals surface area contributed by atoms with Gasteiger partial charge in [0.25, 0.3) is 0 Å². The standard InChI is InChI=1S/C19H20O6/c1-3-4-13-9-15(17(21)10-16(13)20)18(22)11-25-14-7-5-12(6-8-14)19(23)24-2/h5-10,20-21H,3-4,11H2,1-2H3. The number of aryl methyl sites for hydroxylation is 1. The van der Waals surface area contributed by atoms with E-state index < -0.39 is 11.8 Å². The molecule has 6 heteroatoms. The van der Waals surface area contributed by atoms with E-state index in [1.54, 1.807) is 12.1 Å². The Morgan fingerprint density at radius 1 is 1.04 bits per heavy atom. The zero-order valence-electron chi connectivity index (χ0n) is 14.1. The fourth-order valence-corrected chi connectivity index (χ4v) is 2.35. The molecule has 2 aromatic rings. The number of Topliss-reactive ketones (excluding diaryl/α,β-unsaturated/α-hetero) is 1. The van der Waals surface area contributed by atoms with E-state index in [1.807, 2.05) is 6.92 Å². The normalized spacial score (nSPS) is 10.3. The summed E-state index contributed by atoms with van der Waals surface area (Å²) >= 11 is 0. The second-order valence-electron chi connectivity index (χ2n) is 5.48. The number of phenols is 2. The van der Waals surface area contributed by atoms with Crippen molar-refractivity contribution in [2.45, 2.75) is 19.8 Å². The minimum Gasteiger partial charge on any atom is -0.508 e. The molecule has 2 rings (SSSR count). The number of carbonyl (C=O) groups excluding carboxylic acids is 2. The lowest BCUT2D eigenvalue weighted by molar-refractivity contribution is 0.0600. The van der Waals surface area contributed by atoms with Crippen LogP contribution in [-0.2, 0) is 11.2 Å². The van der Waals surface area contributed by atoms with Gasteiger partial charge in [0.2, 0.25) is 5.78 Å². The molecule has 0 bridgehead atoms. The fourth-order valence-electron chi connectivity index (χ4n) is 2.35. The number of esters is 1. The van der Waals surface area contributed by atoms with Gasteiger partial charge in [0.05, 0.1) is 18.2 Å². The Kier molecular flexibility index (Phi) is 6.00. The van der Waals surface area contributed by atoms with Gasteiger partial charge in [-0.05, 0) is 42.3 Å². The second-order valence-corrected chi connectivity index (χ2v) is 5.48. The zero-order chi connectivity index (χ0) is 18.4. The quantitative estimate of drug-likeness (QED) is 0.592. The van der Waals surface area contributed by atoms with Crippen LogP contribution < -0.4 is 4.74 Å². The molecule has 2 N–H and O–H groups in total. The lowest BCUT2D eigenvalue weighted by Crippen LogP contribution is -2.12. The number of aromatic hydroxyl groups is 2. The maximum Gasteiger partial charge on any atom is 0.337 e. The molecule has 0 unspecified atom stereocenters. The molecule has 0 heterocycles. The summed E-state index contributed by atoms with van der Waals surface area (Å²) in [6, 6.07) is 8.83. The summed E-state index contributed by atoms with van der Waals surface area (Å²) in [5.41, 5.74) is 1.08. The maximum atomic E-state index is 12.3. The van der Waals surface area contributed by atoms with Crippen LogP contribution in [0.15, 0.2) is 36.4 Å². The van der Waals surface area contributed by atoms with Crippen molar-refractivity contribution in [1.82, 2.24) is 0 Å². The van der Waals surface area contributed by atoms with Gasteiger partial charge in [0, 0.05) is 6.07 Å². The molecule has 0 amide bonds. The van der Waals surface area contributed by atoms with Gasteiger partial charge >= 0.3 is 5.97 Å². The van der Waals surface area contributed by atoms with Crippen molar-refractivity contribution in [3.05, 3.63) is 53.1 Å². The van der Waals surface area contributed by atoms with Gasteiger partial charge in [-0.15, -0.1) is 0 Å². The minimum atomic E-state index is -0.458. The van der Waals surface area contributed by atoms with Crippen molar-refractivity contribution in [2.24, 2.45) is 0 Å². The van der Waals surface area contributed by atoms with Gasteiger partial charge in [-0.3, -0.25) is 4.79 Å². The predicted octanol–water partition coefficient (Wildman–Crippen LogP) is 3.10. The average Bonchev–Trinajstić information content (AvgIpc) is 2.61. The summed E-state index contributed by atoms with van der Waals surface area (Å²) in [6.45, 7) is 1.68. The molecule has 0 radical (unpaired) electrons. The summed E-state index contributed by atoms with van der Waals surface area (Å²) in [5.74, 6) is -0.776. The highest BCUT2D eigenvalue weighted by Gasteiger charge is 2.16. The van der Waals surface area contributed by atoms with Crippen LogP contribution in [0.25, 0.3) is 0 Å². The third-order valence-electron chi connectivity index (χ3n) is 3.66. The van der Waals surface area contributed by atoms with Crippen molar-refractivity contribution in [2.75, 3.05) is 13.7 Å². The van der Waals surface area contributed by atoms with Crippen molar-refractivity contribution in [3.63, 3.8) is 0 Å². The van der Waals surface area contributed by atoms with Gasteiger partial charge in [-0.25, -0.2) is 4.79 Å². The number of hydrogen-bond donors (Lipinski definition) is 2. The van der Waals surface area contributed by atoms with E-state index in [2.05, 4.69) is 4.74 Å². The van der Waals surface area contributed by atoms with Crippen LogP contribution >= 0.6 is 0 Å². The largest absolute Gasteiger partial charge is 0.508 e. The molecular weight excluding hydrogens is 324 g/mol. The first-order chi connectivity index (χ1) is 12.0. The van der Waals surface area contributed by atoms with Gasteiger partial charge < -0.3 is 19.7 Å². The zero-order valence-corrected chi connectivity index (χ0v) is 14.1. The number of benzene rings is 2. The minimum absolute atomic E-state index is 0.0322. The number of ketones is 1. The maximum absolute atomic E-state index is 12.3. The Labute approximate surface area is 145 Å². The fraction of sp³-hybridized carbons (Fsp3) is 0.263. The molecule has 0 aromatic heterocycles. The third kappa shape index (κ3) is 4.50.